The first-order valence-electron chi connectivity index (χ1n) is 7.81. The molecule has 1 fully saturated rings. The van der Waals surface area contributed by atoms with Crippen molar-refractivity contribution in [2.75, 3.05) is 13.7 Å². The van der Waals surface area contributed by atoms with Crippen LogP contribution >= 0.6 is 0 Å². The summed E-state index contributed by atoms with van der Waals surface area (Å²) in [7, 11) is 1.69. The normalized spacial score (nSPS) is 15.9. The molecule has 1 aromatic carbocycles. The Morgan fingerprint density at radius 3 is 2.62 bits per heavy atom. The van der Waals surface area contributed by atoms with Crippen molar-refractivity contribution >= 4 is 0 Å². The van der Waals surface area contributed by atoms with Crippen molar-refractivity contribution in [3.05, 3.63) is 29.3 Å². The number of nitrogens with two attached hydrogens (primary N) is 1. The Kier molecular flexibility index (Phi) is 6.59. The largest absolute Gasteiger partial charge is 0.496 e. The van der Waals surface area contributed by atoms with Crippen molar-refractivity contribution in [3.63, 3.8) is 0 Å². The predicted molar refractivity (Wildman–Crippen MR) is 85.2 cm³/mol. The van der Waals surface area contributed by atoms with E-state index in [0.717, 1.165) is 16.9 Å². The lowest BCUT2D eigenvalue weighted by Crippen LogP contribution is -2.12. The van der Waals surface area contributed by atoms with E-state index in [0.29, 0.717) is 19.3 Å². The van der Waals surface area contributed by atoms with Gasteiger partial charge in [-0.25, -0.2) is 0 Å². The summed E-state index contributed by atoms with van der Waals surface area (Å²) in [5, 5.41) is 0. The molecule has 1 aliphatic carbocycles. The van der Waals surface area contributed by atoms with E-state index in [4.69, 9.17) is 15.2 Å². The molecule has 3 nitrogen and oxygen atoms in total. The molecule has 0 spiro atoms. The van der Waals surface area contributed by atoms with Gasteiger partial charge in [0.05, 0.1) is 26.4 Å². The van der Waals surface area contributed by atoms with Crippen LogP contribution in [0.2, 0.25) is 0 Å². The topological polar surface area (TPSA) is 44.5 Å². The molecule has 21 heavy (non-hydrogen) atoms. The van der Waals surface area contributed by atoms with E-state index in [9.17, 15) is 0 Å². The Morgan fingerprint density at radius 2 is 1.95 bits per heavy atom. The van der Waals surface area contributed by atoms with Crippen LogP contribution in [0.3, 0.4) is 0 Å². The maximum atomic E-state index is 6.10. The highest BCUT2D eigenvalue weighted by Crippen LogP contribution is 2.24. The molecule has 114 valence electrons. The van der Waals surface area contributed by atoms with E-state index in [1.54, 1.807) is 7.11 Å². The molecule has 2 N–H and O–H groups in total. The lowest BCUT2D eigenvalue weighted by Gasteiger charge is -2.17. The molecule has 0 saturated heterocycles. The Hall–Kier alpha value is -1.50. The van der Waals surface area contributed by atoms with Gasteiger partial charge in [0, 0.05) is 11.1 Å². The summed E-state index contributed by atoms with van der Waals surface area (Å²) in [5.74, 6) is 6.80. The molecule has 1 aromatic rings. The van der Waals surface area contributed by atoms with Crippen LogP contribution in [0.25, 0.3) is 0 Å². The van der Waals surface area contributed by atoms with Gasteiger partial charge in [-0.15, -0.1) is 0 Å². The Labute approximate surface area is 127 Å². The third-order valence-electron chi connectivity index (χ3n) is 3.89. The van der Waals surface area contributed by atoms with Crippen LogP contribution in [-0.4, -0.2) is 19.8 Å². The van der Waals surface area contributed by atoms with Gasteiger partial charge >= 0.3 is 0 Å². The van der Waals surface area contributed by atoms with Gasteiger partial charge in [-0.2, -0.15) is 0 Å². The third kappa shape index (κ3) is 5.08. The Bertz CT molecular complexity index is 494. The molecule has 2 rings (SSSR count). The molecule has 3 heteroatoms. The number of ether oxygens (including phenoxy) is 2. The number of methoxy groups -OCH3 is 1. The number of rotatable bonds is 4. The standard InChI is InChI=1S/C18H25NO2/c1-20-18-11-10-15(7-6-12-19)13-16(18)14-21-17-8-4-2-3-5-9-17/h10-11,13,17H,2-5,8-9,12,14,19H2,1H3. The minimum atomic E-state index is 0.375. The maximum absolute atomic E-state index is 6.10. The summed E-state index contributed by atoms with van der Waals surface area (Å²) in [6.07, 6.45) is 7.98. The maximum Gasteiger partial charge on any atom is 0.124 e. The fourth-order valence-electron chi connectivity index (χ4n) is 2.74. The fraction of sp³-hybridized carbons (Fsp3) is 0.556. The van der Waals surface area contributed by atoms with Crippen LogP contribution in [0.4, 0.5) is 0 Å². The molecule has 0 radical (unpaired) electrons. The molecular formula is C18H25NO2. The Balaban J connectivity index is 2.02. The first kappa shape index (κ1) is 15.9. The van der Waals surface area contributed by atoms with Crippen molar-refractivity contribution in [1.82, 2.24) is 0 Å². The molecule has 0 heterocycles. The molecule has 0 unspecified atom stereocenters. The van der Waals surface area contributed by atoms with Crippen LogP contribution in [0.5, 0.6) is 5.75 Å². The van der Waals surface area contributed by atoms with Gasteiger partial charge in [0.1, 0.15) is 5.75 Å². The van der Waals surface area contributed by atoms with E-state index in [1.165, 1.54) is 38.5 Å². The van der Waals surface area contributed by atoms with Crippen LogP contribution in [0.1, 0.15) is 49.7 Å². The second-order valence-electron chi connectivity index (χ2n) is 5.46. The first-order chi connectivity index (χ1) is 10.3. The smallest absolute Gasteiger partial charge is 0.124 e. The molecule has 0 atom stereocenters. The van der Waals surface area contributed by atoms with Crippen LogP contribution in [-0.2, 0) is 11.3 Å². The van der Waals surface area contributed by atoms with E-state index in [-0.39, 0.29) is 0 Å². The van der Waals surface area contributed by atoms with Gasteiger partial charge in [-0.1, -0.05) is 37.5 Å². The van der Waals surface area contributed by atoms with E-state index < -0.39 is 0 Å². The zero-order valence-corrected chi connectivity index (χ0v) is 12.9. The van der Waals surface area contributed by atoms with Crippen molar-refractivity contribution in [2.24, 2.45) is 5.73 Å². The minimum absolute atomic E-state index is 0.375. The van der Waals surface area contributed by atoms with Crippen LogP contribution in [0, 0.1) is 11.8 Å². The zero-order valence-electron chi connectivity index (χ0n) is 12.9. The summed E-state index contributed by atoms with van der Waals surface area (Å²) in [6, 6.07) is 5.95. The van der Waals surface area contributed by atoms with Crippen molar-refractivity contribution in [2.45, 2.75) is 51.2 Å². The van der Waals surface area contributed by atoms with E-state index in [1.807, 2.05) is 18.2 Å². The number of hydrogen-bond donors (Lipinski definition) is 1. The molecule has 1 saturated carbocycles. The first-order valence-corrected chi connectivity index (χ1v) is 7.81. The fourth-order valence-corrected chi connectivity index (χ4v) is 2.74. The van der Waals surface area contributed by atoms with Gasteiger partial charge in [0.2, 0.25) is 0 Å². The minimum Gasteiger partial charge on any atom is -0.496 e. The van der Waals surface area contributed by atoms with Gasteiger partial charge < -0.3 is 15.2 Å². The summed E-state index contributed by atoms with van der Waals surface area (Å²) in [4.78, 5) is 0. The number of hydrogen-bond acceptors (Lipinski definition) is 3. The van der Waals surface area contributed by atoms with Crippen molar-refractivity contribution in [1.29, 1.82) is 0 Å². The highest BCUT2D eigenvalue weighted by Gasteiger charge is 2.14. The molecule has 0 aromatic heterocycles. The van der Waals surface area contributed by atoms with Gasteiger partial charge in [0.25, 0.3) is 0 Å². The lowest BCUT2D eigenvalue weighted by molar-refractivity contribution is 0.0300. The highest BCUT2D eigenvalue weighted by atomic mass is 16.5. The second kappa shape index (κ2) is 8.71. The van der Waals surface area contributed by atoms with Gasteiger partial charge in [0.15, 0.2) is 0 Å². The molecule has 1 aliphatic rings. The quantitative estimate of drug-likeness (QED) is 0.683. The molecule has 0 amide bonds. The molecule has 0 aliphatic heterocycles. The SMILES string of the molecule is COc1ccc(C#CCN)cc1COC1CCCCCC1. The number of benzene rings is 1. The van der Waals surface area contributed by atoms with Crippen molar-refractivity contribution in [3.8, 4) is 17.6 Å². The van der Waals surface area contributed by atoms with E-state index in [2.05, 4.69) is 11.8 Å². The van der Waals surface area contributed by atoms with Crippen molar-refractivity contribution < 1.29 is 9.47 Å². The highest BCUT2D eigenvalue weighted by molar-refractivity contribution is 5.44. The second-order valence-corrected chi connectivity index (χ2v) is 5.46. The van der Waals surface area contributed by atoms with Crippen LogP contribution < -0.4 is 10.5 Å². The lowest BCUT2D eigenvalue weighted by atomic mass is 10.1. The average molecular weight is 287 g/mol. The monoisotopic (exact) mass is 287 g/mol. The molecule has 0 bridgehead atoms. The third-order valence-corrected chi connectivity index (χ3v) is 3.89. The van der Waals surface area contributed by atoms with Gasteiger partial charge in [-0.05, 0) is 31.0 Å². The van der Waals surface area contributed by atoms with E-state index >= 15 is 0 Å². The predicted octanol–water partition coefficient (Wildman–Crippen LogP) is 3.24. The summed E-state index contributed by atoms with van der Waals surface area (Å²) in [6.45, 7) is 0.964. The molecular weight excluding hydrogens is 262 g/mol. The zero-order chi connectivity index (χ0) is 14.9. The van der Waals surface area contributed by atoms with Gasteiger partial charge in [-0.3, -0.25) is 0 Å². The average Bonchev–Trinajstić information content (AvgIpc) is 2.79. The summed E-state index contributed by atoms with van der Waals surface area (Å²) < 4.78 is 11.5. The Morgan fingerprint density at radius 1 is 1.19 bits per heavy atom. The van der Waals surface area contributed by atoms with Crippen LogP contribution in [0.15, 0.2) is 18.2 Å². The summed E-state index contributed by atoms with van der Waals surface area (Å²) in [5.41, 5.74) is 7.44. The summed E-state index contributed by atoms with van der Waals surface area (Å²) >= 11 is 0.